The Morgan fingerprint density at radius 1 is 1.29 bits per heavy atom. The van der Waals surface area contributed by atoms with Crippen LogP contribution in [-0.2, 0) is 13.2 Å². The number of nitrogens with two attached hydrogens (primary N) is 1. The minimum absolute atomic E-state index is 0.0954. The highest BCUT2D eigenvalue weighted by Crippen LogP contribution is 2.35. The van der Waals surface area contributed by atoms with Gasteiger partial charge in [0.15, 0.2) is 5.78 Å². The molecule has 1 amide bonds. The van der Waals surface area contributed by atoms with Crippen molar-refractivity contribution in [2.24, 2.45) is 7.05 Å². The first-order valence-corrected chi connectivity index (χ1v) is 9.97. The fraction of sp³-hybridized carbons (Fsp3) is 0.278. The number of pyridine rings is 1. The summed E-state index contributed by atoms with van der Waals surface area (Å²) in [5.74, 6) is -1.26. The van der Waals surface area contributed by atoms with E-state index in [0.29, 0.717) is 16.6 Å². The minimum atomic E-state index is -4.68. The average Bonchev–Trinajstić information content (AvgIpc) is 3.30. The van der Waals surface area contributed by atoms with Crippen LogP contribution in [-0.4, -0.2) is 31.4 Å². The molecule has 0 aliphatic carbocycles. The number of Topliss-reactive ketones (excluding diaryl/α,β-unsaturated/α-hetero) is 1. The summed E-state index contributed by atoms with van der Waals surface area (Å²) in [5, 5.41) is 6.17. The molecule has 3 rings (SSSR count). The molecule has 0 spiro atoms. The molecule has 164 valence electrons. The Hall–Kier alpha value is -2.99. The molecule has 1 atom stereocenters. The summed E-state index contributed by atoms with van der Waals surface area (Å²) in [7, 11) is 1.62. The zero-order valence-corrected chi connectivity index (χ0v) is 17.8. The number of hydrogen-bond acceptors (Lipinski definition) is 7. The van der Waals surface area contributed by atoms with Crippen LogP contribution in [0.3, 0.4) is 0 Å². The molecular weight excluding hydrogens is 457 g/mol. The van der Waals surface area contributed by atoms with Crippen LogP contribution in [0.15, 0.2) is 24.7 Å². The van der Waals surface area contributed by atoms with Gasteiger partial charge in [0.1, 0.15) is 16.5 Å². The van der Waals surface area contributed by atoms with Crippen LogP contribution in [0.1, 0.15) is 49.9 Å². The highest BCUT2D eigenvalue weighted by molar-refractivity contribution is 7.13. The molecule has 0 aliphatic rings. The molecule has 0 bridgehead atoms. The predicted octanol–water partition coefficient (Wildman–Crippen LogP) is 4.15. The normalized spacial score (nSPS) is 12.6. The van der Waals surface area contributed by atoms with E-state index in [1.54, 1.807) is 14.0 Å². The van der Waals surface area contributed by atoms with E-state index in [1.807, 2.05) is 0 Å². The molecule has 0 unspecified atom stereocenters. The maximum Gasteiger partial charge on any atom is 0.418 e. The second kappa shape index (κ2) is 8.63. The standard InChI is InChI=1S/C18H16ClF3N6O2S/c1-8(3-12(29)9-5-26-28(2)15(9)23)17-25-7-13(31-17)16(30)27-14-4-10(18(20,21)22)11(19)6-24-14/h4-8H,3,23H2,1-2H3,(H,24,27,30)/t8-/m0/s1. The van der Waals surface area contributed by atoms with Crippen LogP contribution in [0.4, 0.5) is 24.8 Å². The van der Waals surface area contributed by atoms with E-state index in [4.69, 9.17) is 17.3 Å². The number of thiazole rings is 1. The summed E-state index contributed by atoms with van der Waals surface area (Å²) >= 11 is 6.55. The number of carbonyl (C=O) groups excluding carboxylic acids is 2. The second-order valence-electron chi connectivity index (χ2n) is 6.66. The van der Waals surface area contributed by atoms with Gasteiger partial charge in [0.2, 0.25) is 0 Å². The molecule has 3 N–H and O–H groups in total. The molecule has 0 aromatic carbocycles. The van der Waals surface area contributed by atoms with Crippen LogP contribution in [0.5, 0.6) is 0 Å². The topological polar surface area (TPSA) is 116 Å². The fourth-order valence-electron chi connectivity index (χ4n) is 2.66. The number of alkyl halides is 3. The lowest BCUT2D eigenvalue weighted by Gasteiger charge is -2.10. The Bertz CT molecular complexity index is 1140. The number of aromatic nitrogens is 4. The highest BCUT2D eigenvalue weighted by atomic mass is 35.5. The first kappa shape index (κ1) is 22.7. The van der Waals surface area contributed by atoms with E-state index in [0.717, 1.165) is 17.5 Å². The van der Waals surface area contributed by atoms with Crippen molar-refractivity contribution in [2.45, 2.75) is 25.4 Å². The maximum absolute atomic E-state index is 13.0. The molecular formula is C18H16ClF3N6O2S. The summed E-state index contributed by atoms with van der Waals surface area (Å²) in [6.07, 6.45) is -1.10. The fourth-order valence-corrected chi connectivity index (χ4v) is 3.73. The van der Waals surface area contributed by atoms with Gasteiger partial charge in [-0.25, -0.2) is 9.97 Å². The zero-order chi connectivity index (χ0) is 22.9. The van der Waals surface area contributed by atoms with E-state index in [9.17, 15) is 22.8 Å². The zero-order valence-electron chi connectivity index (χ0n) is 16.2. The third-order valence-electron chi connectivity index (χ3n) is 4.35. The summed E-state index contributed by atoms with van der Waals surface area (Å²) in [6, 6.07) is 0.655. The molecule has 0 saturated heterocycles. The van der Waals surface area contributed by atoms with Crippen molar-refractivity contribution in [1.29, 1.82) is 0 Å². The Labute approximate surface area is 183 Å². The van der Waals surface area contributed by atoms with Crippen LogP contribution in [0.25, 0.3) is 0 Å². The van der Waals surface area contributed by atoms with Crippen molar-refractivity contribution in [1.82, 2.24) is 19.7 Å². The number of aryl methyl sites for hydroxylation is 1. The lowest BCUT2D eigenvalue weighted by atomic mass is 10.0. The molecule has 8 nitrogen and oxygen atoms in total. The number of hydrogen-bond donors (Lipinski definition) is 2. The van der Waals surface area contributed by atoms with Gasteiger partial charge >= 0.3 is 6.18 Å². The van der Waals surface area contributed by atoms with Crippen LogP contribution in [0, 0.1) is 0 Å². The number of nitrogens with one attached hydrogen (secondary N) is 1. The van der Waals surface area contributed by atoms with Crippen LogP contribution < -0.4 is 11.1 Å². The Kier molecular flexibility index (Phi) is 6.32. The Balaban J connectivity index is 1.69. The van der Waals surface area contributed by atoms with Crippen LogP contribution >= 0.6 is 22.9 Å². The molecule has 31 heavy (non-hydrogen) atoms. The minimum Gasteiger partial charge on any atom is -0.383 e. The van der Waals surface area contributed by atoms with Gasteiger partial charge in [-0.1, -0.05) is 18.5 Å². The van der Waals surface area contributed by atoms with Gasteiger partial charge in [0.25, 0.3) is 5.91 Å². The quantitative estimate of drug-likeness (QED) is 0.520. The van der Waals surface area contributed by atoms with E-state index < -0.39 is 22.7 Å². The van der Waals surface area contributed by atoms with Crippen molar-refractivity contribution in [3.8, 4) is 0 Å². The van der Waals surface area contributed by atoms with Gasteiger partial charge in [0, 0.05) is 25.6 Å². The third-order valence-corrected chi connectivity index (χ3v) is 5.88. The predicted molar refractivity (Wildman–Crippen MR) is 109 cm³/mol. The number of anilines is 2. The summed E-state index contributed by atoms with van der Waals surface area (Å²) in [4.78, 5) is 32.8. The van der Waals surface area contributed by atoms with E-state index in [-0.39, 0.29) is 34.6 Å². The summed E-state index contributed by atoms with van der Waals surface area (Å²) in [5.41, 5.74) is 5.01. The van der Waals surface area contributed by atoms with Gasteiger partial charge in [-0.15, -0.1) is 11.3 Å². The molecule has 3 aromatic heterocycles. The molecule has 0 saturated carbocycles. The van der Waals surface area contributed by atoms with Crippen molar-refractivity contribution >= 4 is 46.3 Å². The van der Waals surface area contributed by atoms with Gasteiger partial charge in [-0.3, -0.25) is 14.3 Å². The van der Waals surface area contributed by atoms with Crippen molar-refractivity contribution in [3.63, 3.8) is 0 Å². The largest absolute Gasteiger partial charge is 0.418 e. The lowest BCUT2D eigenvalue weighted by molar-refractivity contribution is -0.137. The number of ketones is 1. The van der Waals surface area contributed by atoms with E-state index in [1.165, 1.54) is 17.1 Å². The number of halogens is 4. The average molecular weight is 473 g/mol. The first-order valence-electron chi connectivity index (χ1n) is 8.77. The van der Waals surface area contributed by atoms with Crippen molar-refractivity contribution in [2.75, 3.05) is 11.1 Å². The third kappa shape index (κ3) is 5.02. The van der Waals surface area contributed by atoms with Crippen LogP contribution in [0.2, 0.25) is 5.02 Å². The molecule has 0 aliphatic heterocycles. The number of amides is 1. The molecule has 13 heteroatoms. The smallest absolute Gasteiger partial charge is 0.383 e. The van der Waals surface area contributed by atoms with Crippen molar-refractivity contribution in [3.05, 3.63) is 50.7 Å². The van der Waals surface area contributed by atoms with Gasteiger partial charge in [0.05, 0.1) is 33.6 Å². The van der Waals surface area contributed by atoms with E-state index >= 15 is 0 Å². The number of nitrogen functional groups attached to an aromatic ring is 1. The first-order chi connectivity index (χ1) is 14.5. The number of rotatable bonds is 6. The molecule has 0 fully saturated rings. The SMILES string of the molecule is C[C@@H](CC(=O)c1cnn(C)c1N)c1ncc(C(=O)Nc2cc(C(F)(F)F)c(Cl)cn2)s1. The molecule has 3 aromatic rings. The highest BCUT2D eigenvalue weighted by Gasteiger charge is 2.34. The van der Waals surface area contributed by atoms with Gasteiger partial charge in [-0.05, 0) is 6.07 Å². The Morgan fingerprint density at radius 3 is 2.61 bits per heavy atom. The van der Waals surface area contributed by atoms with Gasteiger partial charge < -0.3 is 11.1 Å². The van der Waals surface area contributed by atoms with Gasteiger partial charge in [-0.2, -0.15) is 18.3 Å². The Morgan fingerprint density at radius 2 is 2.00 bits per heavy atom. The molecule has 3 heterocycles. The molecule has 0 radical (unpaired) electrons. The van der Waals surface area contributed by atoms with E-state index in [2.05, 4.69) is 20.4 Å². The number of nitrogens with zero attached hydrogens (tertiary/aromatic N) is 4. The lowest BCUT2D eigenvalue weighted by Crippen LogP contribution is -2.13. The maximum atomic E-state index is 13.0. The number of carbonyl (C=O) groups is 2. The summed E-state index contributed by atoms with van der Waals surface area (Å²) < 4.78 is 40.3. The second-order valence-corrected chi connectivity index (χ2v) is 8.13. The monoisotopic (exact) mass is 472 g/mol. The van der Waals surface area contributed by atoms with Crippen molar-refractivity contribution < 1.29 is 22.8 Å². The summed E-state index contributed by atoms with van der Waals surface area (Å²) in [6.45, 7) is 1.77.